The van der Waals surface area contributed by atoms with E-state index in [0.717, 1.165) is 60.4 Å². The molecule has 0 N–H and O–H groups in total. The third kappa shape index (κ3) is 4.43. The number of para-hydroxylation sites is 1. The molecule has 2 aliphatic rings. The van der Waals surface area contributed by atoms with E-state index in [1.807, 2.05) is 47.4 Å². The highest BCUT2D eigenvalue weighted by atomic mass is 16.6. The fourth-order valence-electron chi connectivity index (χ4n) is 4.63. The lowest BCUT2D eigenvalue weighted by molar-refractivity contribution is 0.0260. The number of hydrogen-bond acceptors (Lipinski definition) is 3. The zero-order valence-electron chi connectivity index (χ0n) is 17.6. The lowest BCUT2D eigenvalue weighted by Crippen LogP contribution is -2.36. The van der Waals surface area contributed by atoms with Gasteiger partial charge < -0.3 is 9.47 Å². The Hall–Kier alpha value is -3.27. The molecule has 0 unspecified atom stereocenters. The summed E-state index contributed by atoms with van der Waals surface area (Å²) in [6.07, 6.45) is 5.40. The number of rotatable bonds is 5. The molecule has 1 amide bonds. The van der Waals surface area contributed by atoms with E-state index in [0.29, 0.717) is 6.54 Å². The van der Waals surface area contributed by atoms with Crippen molar-refractivity contribution >= 4 is 6.09 Å². The maximum Gasteiger partial charge on any atom is 0.410 e. The number of carbonyl (C=O) groups is 1. The first-order valence-corrected chi connectivity index (χ1v) is 11.1. The van der Waals surface area contributed by atoms with Crippen LogP contribution in [0, 0.1) is 0 Å². The molecule has 3 aromatic rings. The van der Waals surface area contributed by atoms with Gasteiger partial charge in [0.2, 0.25) is 0 Å². The molecule has 1 spiro atoms. The highest BCUT2D eigenvalue weighted by molar-refractivity contribution is 5.71. The maximum atomic E-state index is 12.4. The Balaban J connectivity index is 1.22. The van der Waals surface area contributed by atoms with Gasteiger partial charge in [0, 0.05) is 6.54 Å². The number of nitrogens with zero attached hydrogens (tertiary/aromatic N) is 1. The minimum absolute atomic E-state index is 0.167. The molecule has 2 fully saturated rings. The third-order valence-electron chi connectivity index (χ3n) is 6.30. The molecule has 1 saturated carbocycles. The van der Waals surface area contributed by atoms with E-state index in [9.17, 15) is 4.79 Å². The fourth-order valence-corrected chi connectivity index (χ4v) is 4.63. The van der Waals surface area contributed by atoms with Crippen LogP contribution in [0.1, 0.15) is 37.7 Å². The summed E-state index contributed by atoms with van der Waals surface area (Å²) in [4.78, 5) is 14.3. The van der Waals surface area contributed by atoms with Crippen molar-refractivity contribution in [1.82, 2.24) is 4.90 Å². The Labute approximate surface area is 183 Å². The van der Waals surface area contributed by atoms with Crippen molar-refractivity contribution in [2.45, 2.75) is 44.2 Å². The van der Waals surface area contributed by atoms with Crippen molar-refractivity contribution in [2.24, 2.45) is 0 Å². The van der Waals surface area contributed by atoms with E-state index in [-0.39, 0.29) is 11.7 Å². The van der Waals surface area contributed by atoms with E-state index in [4.69, 9.17) is 9.47 Å². The molecule has 1 saturated heterocycles. The van der Waals surface area contributed by atoms with Crippen LogP contribution in [0.2, 0.25) is 0 Å². The Morgan fingerprint density at radius 2 is 1.39 bits per heavy atom. The molecule has 3 aromatic carbocycles. The van der Waals surface area contributed by atoms with Gasteiger partial charge in [-0.1, -0.05) is 61.0 Å². The van der Waals surface area contributed by atoms with Crippen molar-refractivity contribution in [1.29, 1.82) is 0 Å². The SMILES string of the molecule is O=C1OC2(CCCCC2)CN1Cc1ccc(-c2ccc(Oc3ccccc3)cc2)cc1. The molecule has 0 radical (unpaired) electrons. The van der Waals surface area contributed by atoms with Gasteiger partial charge in [-0.2, -0.15) is 0 Å². The van der Waals surface area contributed by atoms with Crippen LogP contribution < -0.4 is 4.74 Å². The van der Waals surface area contributed by atoms with Gasteiger partial charge in [-0.05, 0) is 66.6 Å². The smallest absolute Gasteiger partial charge is 0.410 e. The Morgan fingerprint density at radius 1 is 0.774 bits per heavy atom. The van der Waals surface area contributed by atoms with E-state index < -0.39 is 0 Å². The van der Waals surface area contributed by atoms with Gasteiger partial charge in [0.15, 0.2) is 0 Å². The molecule has 1 heterocycles. The zero-order valence-corrected chi connectivity index (χ0v) is 17.6. The number of hydrogen-bond donors (Lipinski definition) is 0. The van der Waals surface area contributed by atoms with Gasteiger partial charge in [-0.15, -0.1) is 0 Å². The van der Waals surface area contributed by atoms with E-state index in [1.165, 1.54) is 6.42 Å². The lowest BCUT2D eigenvalue weighted by Gasteiger charge is -2.30. The monoisotopic (exact) mass is 413 g/mol. The van der Waals surface area contributed by atoms with E-state index in [2.05, 4.69) is 36.4 Å². The molecule has 5 rings (SSSR count). The number of benzene rings is 3. The molecule has 1 aliphatic carbocycles. The van der Waals surface area contributed by atoms with Crippen molar-refractivity contribution < 1.29 is 14.3 Å². The molecule has 4 heteroatoms. The predicted octanol–water partition coefficient (Wildman–Crippen LogP) is 6.80. The van der Waals surface area contributed by atoms with Crippen LogP contribution in [0.5, 0.6) is 11.5 Å². The lowest BCUT2D eigenvalue weighted by atomic mass is 9.85. The summed E-state index contributed by atoms with van der Waals surface area (Å²) in [7, 11) is 0. The average Bonchev–Trinajstić information content (AvgIpc) is 3.10. The summed E-state index contributed by atoms with van der Waals surface area (Å²) in [5, 5.41) is 0. The first-order chi connectivity index (χ1) is 15.2. The molecule has 0 aromatic heterocycles. The van der Waals surface area contributed by atoms with Crippen molar-refractivity contribution in [3.63, 3.8) is 0 Å². The molecule has 31 heavy (non-hydrogen) atoms. The molecule has 1 aliphatic heterocycles. The van der Waals surface area contributed by atoms with Gasteiger partial charge in [-0.25, -0.2) is 4.79 Å². The molecule has 4 nitrogen and oxygen atoms in total. The summed E-state index contributed by atoms with van der Waals surface area (Å²) >= 11 is 0. The first kappa shape index (κ1) is 19.7. The van der Waals surface area contributed by atoms with Crippen molar-refractivity contribution in [3.8, 4) is 22.6 Å². The predicted molar refractivity (Wildman–Crippen MR) is 121 cm³/mol. The number of ether oxygens (including phenoxy) is 2. The topological polar surface area (TPSA) is 38.8 Å². The largest absolute Gasteiger partial charge is 0.457 e. The molecular weight excluding hydrogens is 386 g/mol. The van der Waals surface area contributed by atoms with Crippen molar-refractivity contribution in [3.05, 3.63) is 84.4 Å². The second-order valence-electron chi connectivity index (χ2n) is 8.60. The minimum Gasteiger partial charge on any atom is -0.457 e. The standard InChI is InChI=1S/C27H27NO3/c29-26-28(20-27(31-26)17-5-2-6-18-27)19-21-9-11-22(12-10-21)23-13-15-25(16-14-23)30-24-7-3-1-4-8-24/h1,3-4,7-16H,2,5-6,17-20H2. The van der Waals surface area contributed by atoms with Gasteiger partial charge in [0.1, 0.15) is 17.1 Å². The summed E-state index contributed by atoms with van der Waals surface area (Å²) in [6, 6.07) is 26.3. The number of carbonyl (C=O) groups excluding carboxylic acids is 1. The van der Waals surface area contributed by atoms with Crippen LogP contribution in [-0.2, 0) is 11.3 Å². The van der Waals surface area contributed by atoms with Gasteiger partial charge >= 0.3 is 6.09 Å². The summed E-state index contributed by atoms with van der Waals surface area (Å²) in [6.45, 7) is 1.32. The van der Waals surface area contributed by atoms with Crippen LogP contribution in [-0.4, -0.2) is 23.1 Å². The Bertz CT molecular complexity index is 1020. The van der Waals surface area contributed by atoms with Crippen LogP contribution in [0.15, 0.2) is 78.9 Å². The summed E-state index contributed by atoms with van der Waals surface area (Å²) in [5.74, 6) is 1.64. The molecule has 158 valence electrons. The number of amides is 1. The molecule has 0 atom stereocenters. The second-order valence-corrected chi connectivity index (χ2v) is 8.60. The first-order valence-electron chi connectivity index (χ1n) is 11.1. The summed E-state index contributed by atoms with van der Waals surface area (Å²) in [5.41, 5.74) is 3.16. The van der Waals surface area contributed by atoms with Crippen molar-refractivity contribution in [2.75, 3.05) is 6.54 Å². The molecular formula is C27H27NO3. The Kier molecular flexibility index (Phi) is 5.37. The van der Waals surface area contributed by atoms with Gasteiger partial charge in [-0.3, -0.25) is 4.90 Å². The van der Waals surface area contributed by atoms with E-state index in [1.54, 1.807) is 0 Å². The van der Waals surface area contributed by atoms with Crippen LogP contribution in [0.4, 0.5) is 4.79 Å². The average molecular weight is 414 g/mol. The molecule has 0 bridgehead atoms. The van der Waals surface area contributed by atoms with Crippen LogP contribution >= 0.6 is 0 Å². The zero-order chi connectivity index (χ0) is 21.1. The summed E-state index contributed by atoms with van der Waals surface area (Å²) < 4.78 is 11.7. The van der Waals surface area contributed by atoms with Crippen LogP contribution in [0.3, 0.4) is 0 Å². The minimum atomic E-state index is -0.237. The quantitative estimate of drug-likeness (QED) is 0.462. The fraction of sp³-hybridized carbons (Fsp3) is 0.296. The maximum absolute atomic E-state index is 12.4. The van der Waals surface area contributed by atoms with Gasteiger partial charge in [0.25, 0.3) is 0 Å². The highest BCUT2D eigenvalue weighted by Gasteiger charge is 2.45. The second kappa shape index (κ2) is 8.46. The van der Waals surface area contributed by atoms with Gasteiger partial charge in [0.05, 0.1) is 6.54 Å². The third-order valence-corrected chi connectivity index (χ3v) is 6.30. The Morgan fingerprint density at radius 3 is 2.06 bits per heavy atom. The van der Waals surface area contributed by atoms with Crippen LogP contribution in [0.25, 0.3) is 11.1 Å². The van der Waals surface area contributed by atoms with E-state index >= 15 is 0 Å². The highest BCUT2D eigenvalue weighted by Crippen LogP contribution is 2.37. The normalized spacial score (nSPS) is 17.5.